The molecule has 17 heavy (non-hydrogen) atoms. The van der Waals surface area contributed by atoms with Gasteiger partial charge in [-0.2, -0.15) is 13.2 Å². The van der Waals surface area contributed by atoms with Gasteiger partial charge in [-0.25, -0.2) is 4.36 Å². The summed E-state index contributed by atoms with van der Waals surface area (Å²) in [4.78, 5) is 11.2. The number of allylic oxidation sites excluding steroid dienone is 1. The number of carbonyl (C=O) groups is 1. The van der Waals surface area contributed by atoms with Crippen LogP contribution in [0.3, 0.4) is 0 Å². The average Bonchev–Trinajstić information content (AvgIpc) is 2.28. The molecule has 0 aromatic heterocycles. The molecule has 96 valence electrons. The second-order valence-electron chi connectivity index (χ2n) is 4.16. The molecule has 0 radical (unpaired) electrons. The molecule has 1 aliphatic heterocycles. The van der Waals surface area contributed by atoms with Crippen LogP contribution < -0.4 is 4.72 Å². The Hall–Kier alpha value is -0.850. The highest BCUT2D eigenvalue weighted by Crippen LogP contribution is 2.31. The number of nitrogens with zero attached hydrogens (tertiary/aromatic N) is 1. The van der Waals surface area contributed by atoms with Crippen LogP contribution in [0, 0.1) is 0 Å². The van der Waals surface area contributed by atoms with Gasteiger partial charge in [-0.15, -0.1) is 0 Å². The first-order chi connectivity index (χ1) is 7.97. The van der Waals surface area contributed by atoms with Crippen molar-refractivity contribution < 1.29 is 18.0 Å². The third kappa shape index (κ3) is 3.08. The summed E-state index contributed by atoms with van der Waals surface area (Å²) in [6.45, 7) is 0. The summed E-state index contributed by atoms with van der Waals surface area (Å²) in [5.74, 6) is -0.679. The second kappa shape index (κ2) is 4.80. The van der Waals surface area contributed by atoms with Gasteiger partial charge in [-0.1, -0.05) is 19.3 Å². The predicted octanol–water partition coefficient (Wildman–Crippen LogP) is 2.61. The smallest absolute Gasteiger partial charge is 0.288 e. The van der Waals surface area contributed by atoms with Crippen molar-refractivity contribution in [3.05, 3.63) is 11.8 Å². The fourth-order valence-electron chi connectivity index (χ4n) is 1.99. The summed E-state index contributed by atoms with van der Waals surface area (Å²) in [5, 5.41) is 0.0683. The summed E-state index contributed by atoms with van der Waals surface area (Å²) in [6.07, 6.45) is 0.818. The zero-order chi connectivity index (χ0) is 12.5. The molecule has 1 N–H and O–H groups in total. The highest BCUT2D eigenvalue weighted by molar-refractivity contribution is 7.86. The maximum Gasteiger partial charge on any atom is 0.434 e. The lowest BCUT2D eigenvalue weighted by Gasteiger charge is -2.26. The minimum absolute atomic E-state index is 0.0683. The minimum atomic E-state index is -4.53. The fourth-order valence-corrected chi connectivity index (χ4v) is 3.77. The van der Waals surface area contributed by atoms with E-state index in [0.29, 0.717) is 6.08 Å². The highest BCUT2D eigenvalue weighted by atomic mass is 32.2. The number of nitrogens with one attached hydrogen (secondary N) is 1. The van der Waals surface area contributed by atoms with Gasteiger partial charge in [0.1, 0.15) is 0 Å². The molecule has 7 heteroatoms. The van der Waals surface area contributed by atoms with Crippen LogP contribution in [0.25, 0.3) is 0 Å². The Morgan fingerprint density at radius 1 is 1.29 bits per heavy atom. The Bertz CT molecular complexity index is 384. The van der Waals surface area contributed by atoms with E-state index in [1.54, 1.807) is 0 Å². The van der Waals surface area contributed by atoms with Crippen molar-refractivity contribution in [3.8, 4) is 0 Å². The molecule has 0 saturated heterocycles. The van der Waals surface area contributed by atoms with E-state index in [4.69, 9.17) is 0 Å². The molecule has 1 amide bonds. The summed E-state index contributed by atoms with van der Waals surface area (Å²) in [7, 11) is -1.00. The zero-order valence-electron chi connectivity index (χ0n) is 9.09. The van der Waals surface area contributed by atoms with Crippen molar-refractivity contribution in [3.63, 3.8) is 0 Å². The first-order valence-electron chi connectivity index (χ1n) is 5.51. The molecule has 2 rings (SSSR count). The van der Waals surface area contributed by atoms with Gasteiger partial charge in [0, 0.05) is 22.2 Å². The first kappa shape index (κ1) is 12.6. The quantitative estimate of drug-likeness (QED) is 0.778. The van der Waals surface area contributed by atoms with Crippen LogP contribution in [0.2, 0.25) is 0 Å². The Morgan fingerprint density at radius 2 is 1.94 bits per heavy atom. The van der Waals surface area contributed by atoms with Crippen molar-refractivity contribution in [1.82, 2.24) is 4.72 Å². The van der Waals surface area contributed by atoms with E-state index < -0.39 is 28.7 Å². The standard InChI is InChI=1S/C10H13F3N2OS/c11-10(12,13)8-6-9(16)15-17(14-8)7-4-2-1-3-5-7/h6-7H,1-5H2,(H,14,15,16). The topological polar surface area (TPSA) is 41.5 Å². The van der Waals surface area contributed by atoms with Gasteiger partial charge in [0.15, 0.2) is 5.70 Å². The van der Waals surface area contributed by atoms with Crippen molar-refractivity contribution in [2.75, 3.05) is 0 Å². The predicted molar refractivity (Wildman–Crippen MR) is 58.9 cm³/mol. The number of halogens is 3. The van der Waals surface area contributed by atoms with Crippen molar-refractivity contribution in [2.24, 2.45) is 4.36 Å². The van der Waals surface area contributed by atoms with Gasteiger partial charge < -0.3 is 0 Å². The van der Waals surface area contributed by atoms with Crippen LogP contribution in [0.1, 0.15) is 32.1 Å². The van der Waals surface area contributed by atoms with Crippen LogP contribution in [-0.2, 0) is 15.7 Å². The van der Waals surface area contributed by atoms with E-state index in [0.717, 1.165) is 32.1 Å². The maximum absolute atomic E-state index is 12.5. The van der Waals surface area contributed by atoms with E-state index in [-0.39, 0.29) is 5.25 Å². The van der Waals surface area contributed by atoms with Crippen LogP contribution in [0.15, 0.2) is 16.1 Å². The van der Waals surface area contributed by atoms with E-state index in [9.17, 15) is 18.0 Å². The molecule has 2 aliphatic rings. The van der Waals surface area contributed by atoms with Gasteiger partial charge in [0.25, 0.3) is 5.91 Å². The van der Waals surface area contributed by atoms with Gasteiger partial charge >= 0.3 is 6.18 Å². The monoisotopic (exact) mass is 266 g/mol. The molecule has 1 unspecified atom stereocenters. The van der Waals surface area contributed by atoms with Crippen LogP contribution >= 0.6 is 0 Å². The molecule has 1 aliphatic carbocycles. The van der Waals surface area contributed by atoms with Crippen molar-refractivity contribution in [2.45, 2.75) is 43.5 Å². The van der Waals surface area contributed by atoms with E-state index >= 15 is 0 Å². The summed E-state index contributed by atoms with van der Waals surface area (Å²) in [6, 6.07) is 0. The normalized spacial score (nSPS) is 27.1. The number of hydrogen-bond donors (Lipinski definition) is 1. The fraction of sp³-hybridized carbons (Fsp3) is 0.700. The molecular weight excluding hydrogens is 253 g/mol. The lowest BCUT2D eigenvalue weighted by atomic mass is 10.0. The van der Waals surface area contributed by atoms with Crippen LogP contribution in [0.4, 0.5) is 13.2 Å². The minimum Gasteiger partial charge on any atom is -0.288 e. The lowest BCUT2D eigenvalue weighted by molar-refractivity contribution is -0.116. The SMILES string of the molecule is O=C1C=C(C(F)(F)F)N=S(C2CCCCC2)N1. The number of rotatable bonds is 1. The van der Waals surface area contributed by atoms with Gasteiger partial charge in [-0.05, 0) is 12.8 Å². The van der Waals surface area contributed by atoms with Crippen LogP contribution in [0.5, 0.6) is 0 Å². The van der Waals surface area contributed by atoms with Crippen LogP contribution in [-0.4, -0.2) is 17.3 Å². The molecule has 0 aromatic carbocycles. The van der Waals surface area contributed by atoms with Gasteiger partial charge in [0.05, 0.1) is 0 Å². The Labute approximate surface area is 99.7 Å². The highest BCUT2D eigenvalue weighted by Gasteiger charge is 2.37. The Kier molecular flexibility index (Phi) is 3.56. The molecule has 1 fully saturated rings. The number of alkyl halides is 3. The van der Waals surface area contributed by atoms with E-state index in [1.165, 1.54) is 0 Å². The second-order valence-corrected chi connectivity index (χ2v) is 5.84. The van der Waals surface area contributed by atoms with Gasteiger partial charge in [0.2, 0.25) is 0 Å². The lowest BCUT2D eigenvalue weighted by Crippen LogP contribution is -2.36. The third-order valence-electron chi connectivity index (χ3n) is 2.83. The molecule has 3 nitrogen and oxygen atoms in total. The third-order valence-corrected chi connectivity index (χ3v) is 4.73. The molecule has 1 heterocycles. The zero-order valence-corrected chi connectivity index (χ0v) is 9.90. The average molecular weight is 266 g/mol. The largest absolute Gasteiger partial charge is 0.434 e. The molecule has 0 bridgehead atoms. The molecule has 1 saturated carbocycles. The summed E-state index contributed by atoms with van der Waals surface area (Å²) < 4.78 is 43.7. The Balaban J connectivity index is 2.20. The summed E-state index contributed by atoms with van der Waals surface area (Å²) in [5.41, 5.74) is -1.05. The Morgan fingerprint density at radius 3 is 2.53 bits per heavy atom. The van der Waals surface area contributed by atoms with Crippen molar-refractivity contribution in [1.29, 1.82) is 0 Å². The number of amides is 1. The molecule has 1 atom stereocenters. The maximum atomic E-state index is 12.5. The molecular formula is C10H13F3N2OS. The molecule has 0 aromatic rings. The number of carbonyl (C=O) groups excluding carboxylic acids is 1. The van der Waals surface area contributed by atoms with Gasteiger partial charge in [-0.3, -0.25) is 9.52 Å². The van der Waals surface area contributed by atoms with E-state index in [1.807, 2.05) is 0 Å². The van der Waals surface area contributed by atoms with E-state index in [2.05, 4.69) is 9.08 Å². The summed E-state index contributed by atoms with van der Waals surface area (Å²) >= 11 is 0. The molecule has 0 spiro atoms. The number of hydrogen-bond acceptors (Lipinski definition) is 2. The van der Waals surface area contributed by atoms with Crippen molar-refractivity contribution >= 4 is 16.8 Å². The first-order valence-corrected chi connectivity index (χ1v) is 6.76.